The third kappa shape index (κ3) is 4.69. The maximum absolute atomic E-state index is 2.77. The summed E-state index contributed by atoms with van der Waals surface area (Å²) in [6, 6.07) is 11.5. The van der Waals surface area contributed by atoms with E-state index < -0.39 is 0 Å². The molecule has 2 heteroatoms. The zero-order chi connectivity index (χ0) is 15.0. The molecule has 1 aliphatic carbocycles. The highest BCUT2D eigenvalue weighted by atomic mass is 15.3. The van der Waals surface area contributed by atoms with Crippen molar-refractivity contribution in [1.29, 1.82) is 0 Å². The molecule has 0 spiro atoms. The molecule has 22 heavy (non-hydrogen) atoms. The minimum atomic E-state index is 0.879. The van der Waals surface area contributed by atoms with Gasteiger partial charge in [0, 0.05) is 38.8 Å². The van der Waals surface area contributed by atoms with E-state index in [0.29, 0.717) is 0 Å². The van der Waals surface area contributed by atoms with Gasteiger partial charge in [0.1, 0.15) is 0 Å². The normalized spacial score (nSPS) is 22.9. The van der Waals surface area contributed by atoms with Crippen LogP contribution in [0.15, 0.2) is 36.4 Å². The number of hydrogen-bond donors (Lipinski definition) is 0. The molecule has 2 aliphatic rings. The van der Waals surface area contributed by atoms with Crippen molar-refractivity contribution in [3.05, 3.63) is 42.0 Å². The lowest BCUT2D eigenvalue weighted by molar-refractivity contribution is 0.0956. The summed E-state index contributed by atoms with van der Waals surface area (Å²) >= 11 is 0. The fraction of sp³-hybridized carbons (Fsp3) is 0.600. The summed E-state index contributed by atoms with van der Waals surface area (Å²) in [6.07, 6.45) is 13.3. The molecule has 1 aromatic rings. The van der Waals surface area contributed by atoms with E-state index in [1.165, 1.54) is 70.3 Å². The van der Waals surface area contributed by atoms with Crippen molar-refractivity contribution in [2.24, 2.45) is 0 Å². The minimum absolute atomic E-state index is 0.879. The monoisotopic (exact) mass is 298 g/mol. The average molecular weight is 298 g/mol. The third-order valence-corrected chi connectivity index (χ3v) is 5.22. The minimum Gasteiger partial charge on any atom is -0.298 e. The van der Waals surface area contributed by atoms with Crippen LogP contribution in [0, 0.1) is 0 Å². The molecule has 2 nitrogen and oxygen atoms in total. The molecule has 120 valence electrons. The van der Waals surface area contributed by atoms with E-state index in [0.717, 1.165) is 12.6 Å². The Morgan fingerprint density at radius 3 is 2.23 bits per heavy atom. The largest absolute Gasteiger partial charge is 0.298 e. The first-order chi connectivity index (χ1) is 10.9. The van der Waals surface area contributed by atoms with Crippen LogP contribution in [-0.2, 0) is 0 Å². The molecule has 0 radical (unpaired) electrons. The Morgan fingerprint density at radius 1 is 0.864 bits per heavy atom. The van der Waals surface area contributed by atoms with Gasteiger partial charge in [0.05, 0.1) is 0 Å². The maximum atomic E-state index is 2.77. The SMILES string of the molecule is C(=C/c1ccccc1)/CN1CCN(C2CCCCCC2)CC1. The zero-order valence-electron chi connectivity index (χ0n) is 13.8. The summed E-state index contributed by atoms with van der Waals surface area (Å²) in [5.41, 5.74) is 1.31. The van der Waals surface area contributed by atoms with E-state index in [1.54, 1.807) is 0 Å². The molecule has 0 atom stereocenters. The molecular weight excluding hydrogens is 268 g/mol. The lowest BCUT2D eigenvalue weighted by atomic mass is 10.1. The van der Waals surface area contributed by atoms with Gasteiger partial charge in [-0.15, -0.1) is 0 Å². The smallest absolute Gasteiger partial charge is 0.0167 e. The van der Waals surface area contributed by atoms with Gasteiger partial charge in [0.2, 0.25) is 0 Å². The number of rotatable bonds is 4. The fourth-order valence-electron chi connectivity index (χ4n) is 3.84. The molecular formula is C20H30N2. The highest BCUT2D eigenvalue weighted by molar-refractivity contribution is 5.48. The predicted molar refractivity (Wildman–Crippen MR) is 95.0 cm³/mol. The van der Waals surface area contributed by atoms with Crippen molar-refractivity contribution >= 4 is 6.08 Å². The van der Waals surface area contributed by atoms with Crippen molar-refractivity contribution in [1.82, 2.24) is 9.80 Å². The van der Waals surface area contributed by atoms with Crippen LogP contribution in [-0.4, -0.2) is 48.6 Å². The lowest BCUT2D eigenvalue weighted by Gasteiger charge is -2.38. The van der Waals surface area contributed by atoms with Gasteiger partial charge in [0.25, 0.3) is 0 Å². The van der Waals surface area contributed by atoms with Crippen molar-refractivity contribution in [3.63, 3.8) is 0 Å². The van der Waals surface area contributed by atoms with Gasteiger partial charge in [-0.2, -0.15) is 0 Å². The Balaban J connectivity index is 1.41. The first-order valence-corrected chi connectivity index (χ1v) is 9.10. The Bertz CT molecular complexity index is 438. The summed E-state index contributed by atoms with van der Waals surface area (Å²) in [5, 5.41) is 0. The van der Waals surface area contributed by atoms with Crippen LogP contribution in [0.5, 0.6) is 0 Å². The van der Waals surface area contributed by atoms with E-state index in [-0.39, 0.29) is 0 Å². The average Bonchev–Trinajstić information content (AvgIpc) is 2.86. The van der Waals surface area contributed by atoms with Crippen LogP contribution in [0.1, 0.15) is 44.1 Å². The summed E-state index contributed by atoms with van der Waals surface area (Å²) < 4.78 is 0. The first-order valence-electron chi connectivity index (χ1n) is 9.10. The number of hydrogen-bond acceptors (Lipinski definition) is 2. The van der Waals surface area contributed by atoms with Gasteiger partial charge in [-0.3, -0.25) is 9.80 Å². The van der Waals surface area contributed by atoms with Gasteiger partial charge in [-0.25, -0.2) is 0 Å². The zero-order valence-corrected chi connectivity index (χ0v) is 13.8. The maximum Gasteiger partial charge on any atom is 0.0167 e. The van der Waals surface area contributed by atoms with Crippen LogP contribution in [0.4, 0.5) is 0 Å². The molecule has 0 amide bonds. The highest BCUT2D eigenvalue weighted by Gasteiger charge is 2.23. The second-order valence-electron chi connectivity index (χ2n) is 6.80. The highest BCUT2D eigenvalue weighted by Crippen LogP contribution is 2.22. The number of piperazine rings is 1. The van der Waals surface area contributed by atoms with E-state index in [1.807, 2.05) is 0 Å². The van der Waals surface area contributed by atoms with E-state index >= 15 is 0 Å². The summed E-state index contributed by atoms with van der Waals surface area (Å²) in [5.74, 6) is 0. The topological polar surface area (TPSA) is 6.48 Å². The Kier molecular flexibility index (Phi) is 6.09. The molecule has 1 saturated carbocycles. The molecule has 0 aromatic heterocycles. The summed E-state index contributed by atoms with van der Waals surface area (Å²) in [4.78, 5) is 5.36. The summed E-state index contributed by atoms with van der Waals surface area (Å²) in [7, 11) is 0. The van der Waals surface area contributed by atoms with Crippen molar-refractivity contribution in [3.8, 4) is 0 Å². The fourth-order valence-corrected chi connectivity index (χ4v) is 3.84. The Morgan fingerprint density at radius 2 is 1.55 bits per heavy atom. The van der Waals surface area contributed by atoms with E-state index in [4.69, 9.17) is 0 Å². The van der Waals surface area contributed by atoms with Crippen LogP contribution in [0.2, 0.25) is 0 Å². The van der Waals surface area contributed by atoms with Crippen molar-refractivity contribution in [2.45, 2.75) is 44.6 Å². The number of nitrogens with zero attached hydrogens (tertiary/aromatic N) is 2. The van der Waals surface area contributed by atoms with Crippen LogP contribution < -0.4 is 0 Å². The Hall–Kier alpha value is -1.12. The van der Waals surface area contributed by atoms with E-state index in [2.05, 4.69) is 52.3 Å². The second kappa shape index (κ2) is 8.50. The predicted octanol–water partition coefficient (Wildman–Crippen LogP) is 4.04. The van der Waals surface area contributed by atoms with Gasteiger partial charge in [-0.05, 0) is 18.4 Å². The molecule has 2 fully saturated rings. The molecule has 0 N–H and O–H groups in total. The molecule has 0 bridgehead atoms. The standard InChI is InChI=1S/C20H30N2/c1-2-7-13-20(12-6-1)22-17-15-21(16-18-22)14-8-11-19-9-4-3-5-10-19/h3-5,8-11,20H,1-2,6-7,12-18H2/b11-8-. The lowest BCUT2D eigenvalue weighted by Crippen LogP contribution is -2.50. The van der Waals surface area contributed by atoms with Crippen LogP contribution >= 0.6 is 0 Å². The molecule has 1 saturated heterocycles. The molecule has 1 heterocycles. The molecule has 1 aliphatic heterocycles. The van der Waals surface area contributed by atoms with Gasteiger partial charge < -0.3 is 0 Å². The van der Waals surface area contributed by atoms with Crippen LogP contribution in [0.3, 0.4) is 0 Å². The molecule has 3 rings (SSSR count). The number of benzene rings is 1. The van der Waals surface area contributed by atoms with E-state index in [9.17, 15) is 0 Å². The van der Waals surface area contributed by atoms with Gasteiger partial charge in [-0.1, -0.05) is 68.2 Å². The Labute approximate surface area is 135 Å². The quantitative estimate of drug-likeness (QED) is 0.774. The van der Waals surface area contributed by atoms with Gasteiger partial charge >= 0.3 is 0 Å². The molecule has 0 unspecified atom stereocenters. The summed E-state index contributed by atoms with van der Waals surface area (Å²) in [6.45, 7) is 6.09. The van der Waals surface area contributed by atoms with Crippen LogP contribution in [0.25, 0.3) is 6.08 Å². The third-order valence-electron chi connectivity index (χ3n) is 5.22. The van der Waals surface area contributed by atoms with Crippen molar-refractivity contribution < 1.29 is 0 Å². The molecule has 1 aromatic carbocycles. The second-order valence-corrected chi connectivity index (χ2v) is 6.80. The van der Waals surface area contributed by atoms with Gasteiger partial charge in [0.15, 0.2) is 0 Å². The van der Waals surface area contributed by atoms with Crippen molar-refractivity contribution in [2.75, 3.05) is 32.7 Å². The first kappa shape index (κ1) is 15.8.